The minimum absolute atomic E-state index is 0.153. The number of hydrogen-bond acceptors (Lipinski definition) is 2. The van der Waals surface area contributed by atoms with Gasteiger partial charge in [0.05, 0.1) is 3.79 Å². The summed E-state index contributed by atoms with van der Waals surface area (Å²) in [4.78, 5) is 12.6. The number of rotatable bonds is 5. The Labute approximate surface area is 103 Å². The first-order chi connectivity index (χ1) is 7.08. The van der Waals surface area contributed by atoms with Crippen LogP contribution in [0.1, 0.15) is 25.1 Å². The van der Waals surface area contributed by atoms with Gasteiger partial charge in [0, 0.05) is 17.8 Å². The molecule has 0 fully saturated rings. The Morgan fingerprint density at radius 1 is 1.53 bits per heavy atom. The van der Waals surface area contributed by atoms with E-state index < -0.39 is 0 Å². The van der Waals surface area contributed by atoms with E-state index in [1.807, 2.05) is 6.07 Å². The first-order valence-corrected chi connectivity index (χ1v) is 6.70. The molecule has 0 saturated carbocycles. The zero-order valence-corrected chi connectivity index (χ0v) is 11.5. The Balaban J connectivity index is 2.19. The maximum Gasteiger partial charge on any atom is 0.220 e. The lowest BCUT2D eigenvalue weighted by Crippen LogP contribution is -2.26. The number of amides is 1. The van der Waals surface area contributed by atoms with Crippen molar-refractivity contribution in [3.05, 3.63) is 20.8 Å². The van der Waals surface area contributed by atoms with Crippen molar-refractivity contribution in [2.75, 3.05) is 6.54 Å². The summed E-state index contributed by atoms with van der Waals surface area (Å²) in [7, 11) is 0. The predicted octanol–water partition coefficient (Wildman–Crippen LogP) is 3.22. The van der Waals surface area contributed by atoms with Gasteiger partial charge in [-0.15, -0.1) is 11.3 Å². The van der Waals surface area contributed by atoms with Gasteiger partial charge in [-0.3, -0.25) is 4.79 Å². The molecule has 0 bridgehead atoms. The first kappa shape index (κ1) is 12.7. The quantitative estimate of drug-likeness (QED) is 0.886. The van der Waals surface area contributed by atoms with Gasteiger partial charge in [0.1, 0.15) is 0 Å². The minimum Gasteiger partial charge on any atom is -0.356 e. The second-order valence-electron chi connectivity index (χ2n) is 3.90. The third-order valence-corrected chi connectivity index (χ3v) is 3.60. The smallest absolute Gasteiger partial charge is 0.220 e. The summed E-state index contributed by atoms with van der Waals surface area (Å²) in [6.07, 6.45) is 1.54. The van der Waals surface area contributed by atoms with Gasteiger partial charge in [0.2, 0.25) is 5.91 Å². The molecule has 1 N–H and O–H groups in total. The topological polar surface area (TPSA) is 29.1 Å². The first-order valence-electron chi connectivity index (χ1n) is 5.09. The van der Waals surface area contributed by atoms with Crippen molar-refractivity contribution in [2.24, 2.45) is 5.92 Å². The molecule has 0 aromatic carbocycles. The molecule has 0 aliphatic carbocycles. The second-order valence-corrected chi connectivity index (χ2v) is 6.45. The zero-order chi connectivity index (χ0) is 11.3. The van der Waals surface area contributed by atoms with E-state index >= 15 is 0 Å². The second kappa shape index (κ2) is 6.28. The van der Waals surface area contributed by atoms with Crippen molar-refractivity contribution in [1.82, 2.24) is 5.32 Å². The Hall–Kier alpha value is -0.350. The van der Waals surface area contributed by atoms with E-state index in [4.69, 9.17) is 0 Å². The van der Waals surface area contributed by atoms with Crippen LogP contribution >= 0.6 is 27.3 Å². The van der Waals surface area contributed by atoms with Crippen LogP contribution in [0.3, 0.4) is 0 Å². The largest absolute Gasteiger partial charge is 0.356 e. The van der Waals surface area contributed by atoms with Crippen LogP contribution in [0.4, 0.5) is 0 Å². The van der Waals surface area contributed by atoms with Crippen molar-refractivity contribution in [3.63, 3.8) is 0 Å². The summed E-state index contributed by atoms with van der Waals surface area (Å²) in [5.41, 5.74) is 0. The Morgan fingerprint density at radius 2 is 2.27 bits per heavy atom. The molecule has 0 aliphatic heterocycles. The summed E-state index contributed by atoms with van der Waals surface area (Å²) < 4.78 is 1.14. The Kier molecular flexibility index (Phi) is 5.32. The summed E-state index contributed by atoms with van der Waals surface area (Å²) in [5.74, 6) is 0.585. The van der Waals surface area contributed by atoms with E-state index in [9.17, 15) is 4.79 Å². The Morgan fingerprint density at radius 3 is 2.80 bits per heavy atom. The van der Waals surface area contributed by atoms with Gasteiger partial charge in [0.25, 0.3) is 0 Å². The standard InChI is InChI=1S/C11H16BrNOS/c1-8(2)7-11(14)13-6-5-9-3-4-10(12)15-9/h3-4,8H,5-7H2,1-2H3,(H,13,14). The highest BCUT2D eigenvalue weighted by molar-refractivity contribution is 9.11. The average molecular weight is 290 g/mol. The summed E-state index contributed by atoms with van der Waals surface area (Å²) in [6, 6.07) is 4.12. The number of thiophene rings is 1. The lowest BCUT2D eigenvalue weighted by molar-refractivity contribution is -0.121. The minimum atomic E-state index is 0.153. The molecule has 84 valence electrons. The summed E-state index contributed by atoms with van der Waals surface area (Å²) >= 11 is 5.14. The van der Waals surface area contributed by atoms with Gasteiger partial charge in [-0.1, -0.05) is 13.8 Å². The molecule has 1 amide bonds. The predicted molar refractivity (Wildman–Crippen MR) is 68.2 cm³/mol. The van der Waals surface area contributed by atoms with Crippen LogP contribution < -0.4 is 5.32 Å². The number of nitrogens with one attached hydrogen (secondary N) is 1. The molecule has 15 heavy (non-hydrogen) atoms. The molecule has 1 aromatic heterocycles. The maximum absolute atomic E-state index is 11.3. The number of carbonyl (C=O) groups is 1. The van der Waals surface area contributed by atoms with Crippen LogP contribution in [0.5, 0.6) is 0 Å². The SMILES string of the molecule is CC(C)CC(=O)NCCc1ccc(Br)s1. The van der Waals surface area contributed by atoms with Crippen LogP contribution in [-0.4, -0.2) is 12.5 Å². The van der Waals surface area contributed by atoms with Crippen LogP contribution in [0.25, 0.3) is 0 Å². The molecule has 0 unspecified atom stereocenters. The molecule has 1 rings (SSSR count). The summed E-state index contributed by atoms with van der Waals surface area (Å²) in [6.45, 7) is 4.84. The van der Waals surface area contributed by atoms with Gasteiger partial charge in [-0.05, 0) is 40.4 Å². The molecule has 2 nitrogen and oxygen atoms in total. The van der Waals surface area contributed by atoms with Crippen LogP contribution in [0.15, 0.2) is 15.9 Å². The van der Waals surface area contributed by atoms with Gasteiger partial charge in [-0.2, -0.15) is 0 Å². The highest BCUT2D eigenvalue weighted by Crippen LogP contribution is 2.21. The number of hydrogen-bond donors (Lipinski definition) is 1. The molecule has 0 saturated heterocycles. The lowest BCUT2D eigenvalue weighted by atomic mass is 10.1. The molecule has 1 aromatic rings. The average Bonchev–Trinajstić information content (AvgIpc) is 2.50. The Bertz CT molecular complexity index is 322. The number of carbonyl (C=O) groups excluding carboxylic acids is 1. The van der Waals surface area contributed by atoms with Crippen molar-refractivity contribution in [1.29, 1.82) is 0 Å². The van der Waals surface area contributed by atoms with Crippen LogP contribution in [0, 0.1) is 5.92 Å². The third kappa shape index (κ3) is 5.33. The van der Waals surface area contributed by atoms with Crippen LogP contribution in [-0.2, 0) is 11.2 Å². The molecule has 1 heterocycles. The fourth-order valence-electron chi connectivity index (χ4n) is 1.25. The molecular formula is C11H16BrNOS. The highest BCUT2D eigenvalue weighted by atomic mass is 79.9. The van der Waals surface area contributed by atoms with Gasteiger partial charge >= 0.3 is 0 Å². The molecule has 0 radical (unpaired) electrons. The van der Waals surface area contributed by atoms with E-state index in [0.29, 0.717) is 12.3 Å². The van der Waals surface area contributed by atoms with E-state index in [2.05, 4.69) is 41.2 Å². The third-order valence-electron chi connectivity index (χ3n) is 1.92. The molecule has 4 heteroatoms. The fourth-order valence-corrected chi connectivity index (χ4v) is 2.74. The van der Waals surface area contributed by atoms with Gasteiger partial charge in [-0.25, -0.2) is 0 Å². The monoisotopic (exact) mass is 289 g/mol. The number of halogens is 1. The molecule has 0 atom stereocenters. The summed E-state index contributed by atoms with van der Waals surface area (Å²) in [5, 5.41) is 2.92. The normalized spacial score (nSPS) is 10.7. The van der Waals surface area contributed by atoms with E-state index in [1.165, 1.54) is 4.88 Å². The zero-order valence-electron chi connectivity index (χ0n) is 9.05. The molecular weight excluding hydrogens is 274 g/mol. The van der Waals surface area contributed by atoms with E-state index in [0.717, 1.165) is 16.8 Å². The van der Waals surface area contributed by atoms with Crippen molar-refractivity contribution >= 4 is 33.2 Å². The molecule has 0 spiro atoms. The van der Waals surface area contributed by atoms with Gasteiger partial charge < -0.3 is 5.32 Å². The van der Waals surface area contributed by atoms with E-state index in [1.54, 1.807) is 11.3 Å². The molecule has 0 aliphatic rings. The van der Waals surface area contributed by atoms with Crippen molar-refractivity contribution in [3.8, 4) is 0 Å². The maximum atomic E-state index is 11.3. The van der Waals surface area contributed by atoms with Crippen LogP contribution in [0.2, 0.25) is 0 Å². The fraction of sp³-hybridized carbons (Fsp3) is 0.545. The highest BCUT2D eigenvalue weighted by Gasteiger charge is 2.04. The van der Waals surface area contributed by atoms with Crippen molar-refractivity contribution < 1.29 is 4.79 Å². The lowest BCUT2D eigenvalue weighted by Gasteiger charge is -2.05. The van der Waals surface area contributed by atoms with Gasteiger partial charge in [0.15, 0.2) is 0 Å². The van der Waals surface area contributed by atoms with E-state index in [-0.39, 0.29) is 5.91 Å². The van der Waals surface area contributed by atoms with Crippen molar-refractivity contribution in [2.45, 2.75) is 26.7 Å².